The minimum absolute atomic E-state index is 0. The number of fused-ring (bicyclic) bond motifs is 2. The van der Waals surface area contributed by atoms with Gasteiger partial charge in [-0.05, 0) is 57.2 Å². The van der Waals surface area contributed by atoms with Crippen molar-refractivity contribution < 1.29 is 53.7 Å². The molecule has 4 rings (SSSR count). The van der Waals surface area contributed by atoms with E-state index in [0.29, 0.717) is 25.4 Å². The Morgan fingerprint density at radius 1 is 1.24 bits per heavy atom. The van der Waals surface area contributed by atoms with Crippen LogP contribution in [0.1, 0.15) is 56.2 Å². The van der Waals surface area contributed by atoms with Crippen molar-refractivity contribution in [2.75, 3.05) is 23.4 Å². The Hall–Kier alpha value is -2.22. The molecule has 0 aromatic heterocycles. The number of nitrogens with one attached hydrogen (secondary N) is 1. The summed E-state index contributed by atoms with van der Waals surface area (Å²) in [6, 6.07) is 11.8. The number of amides is 1. The number of carbonyl (C=O) groups excluding carboxylic acids is 2. The summed E-state index contributed by atoms with van der Waals surface area (Å²) in [5, 5.41) is 14.4. The third kappa shape index (κ3) is 6.02. The summed E-state index contributed by atoms with van der Waals surface area (Å²) in [4.78, 5) is 25.5. The second-order valence-corrected chi connectivity index (χ2v) is 9.35. The molecule has 8 heteroatoms. The summed E-state index contributed by atoms with van der Waals surface area (Å²) >= 11 is 0. The Labute approximate surface area is 216 Å². The molecule has 2 aromatic rings. The van der Waals surface area contributed by atoms with Crippen LogP contribution in [0.25, 0.3) is 0 Å². The molecule has 0 spiro atoms. The monoisotopic (exact) mass is 460 g/mol. The average molecular weight is 461 g/mol. The number of hydrogen-bond donors (Lipinski definition) is 1. The Bertz CT molecular complexity index is 1030. The summed E-state index contributed by atoms with van der Waals surface area (Å²) in [6.07, 6.45) is 1.46. The smallest absolute Gasteiger partial charge is 0.550 e. The van der Waals surface area contributed by atoms with Crippen LogP contribution >= 0.6 is 0 Å². The topological polar surface area (TPSA) is 90.9 Å². The molecule has 0 aliphatic carbocycles. The first-order chi connectivity index (χ1) is 15.2. The molecule has 2 aliphatic heterocycles. The van der Waals surface area contributed by atoms with E-state index in [9.17, 15) is 14.7 Å². The molecule has 2 heterocycles. The molecular formula is C25H29N2NaO5. The fraction of sp³-hybridized carbons (Fsp3) is 0.440. The van der Waals surface area contributed by atoms with Crippen LogP contribution in [0, 0.1) is 0 Å². The Morgan fingerprint density at radius 2 is 2.03 bits per heavy atom. The zero-order valence-corrected chi connectivity index (χ0v) is 21.8. The molecule has 33 heavy (non-hydrogen) atoms. The molecule has 170 valence electrons. The van der Waals surface area contributed by atoms with E-state index < -0.39 is 11.6 Å². The molecule has 0 fully saturated rings. The summed E-state index contributed by atoms with van der Waals surface area (Å²) in [6.45, 7) is 7.13. The van der Waals surface area contributed by atoms with E-state index in [0.717, 1.165) is 40.9 Å². The van der Waals surface area contributed by atoms with Gasteiger partial charge in [-0.3, -0.25) is 4.90 Å². The number of anilines is 2. The number of hydrogen-bond acceptors (Lipinski definition) is 6. The molecule has 1 amide bonds. The molecule has 1 N–H and O–H groups in total. The summed E-state index contributed by atoms with van der Waals surface area (Å²) < 4.78 is 11.3. The van der Waals surface area contributed by atoms with Crippen LogP contribution in [0.4, 0.5) is 16.2 Å². The number of ether oxygens (including phenoxy) is 2. The van der Waals surface area contributed by atoms with Crippen molar-refractivity contribution in [3.05, 3.63) is 53.1 Å². The van der Waals surface area contributed by atoms with Crippen LogP contribution < -0.4 is 49.6 Å². The van der Waals surface area contributed by atoms with Crippen molar-refractivity contribution >= 4 is 23.4 Å². The van der Waals surface area contributed by atoms with Gasteiger partial charge in [0.05, 0.1) is 12.3 Å². The van der Waals surface area contributed by atoms with Crippen molar-refractivity contribution in [1.82, 2.24) is 0 Å². The van der Waals surface area contributed by atoms with Crippen molar-refractivity contribution in [2.24, 2.45) is 0 Å². The third-order valence-corrected chi connectivity index (χ3v) is 5.70. The molecular weight excluding hydrogens is 431 g/mol. The van der Waals surface area contributed by atoms with Crippen molar-refractivity contribution in [3.63, 3.8) is 0 Å². The number of carbonyl (C=O) groups is 2. The van der Waals surface area contributed by atoms with E-state index in [1.54, 1.807) is 4.90 Å². The van der Waals surface area contributed by atoms with Crippen LogP contribution in [-0.4, -0.2) is 30.8 Å². The molecule has 0 bridgehead atoms. The van der Waals surface area contributed by atoms with Gasteiger partial charge in [0.15, 0.2) is 0 Å². The first-order valence-corrected chi connectivity index (χ1v) is 11.0. The van der Waals surface area contributed by atoms with Gasteiger partial charge in [-0.15, -0.1) is 0 Å². The van der Waals surface area contributed by atoms with E-state index in [4.69, 9.17) is 9.47 Å². The first-order valence-electron chi connectivity index (χ1n) is 11.0. The van der Waals surface area contributed by atoms with E-state index in [-0.39, 0.29) is 48.0 Å². The Kier molecular flexibility index (Phi) is 7.98. The molecule has 1 atom stereocenters. The molecule has 1 unspecified atom stereocenters. The normalized spacial score (nSPS) is 16.7. The van der Waals surface area contributed by atoms with Crippen LogP contribution in [0.5, 0.6) is 5.75 Å². The maximum absolute atomic E-state index is 12.9. The average Bonchev–Trinajstić information content (AvgIpc) is 3.11. The summed E-state index contributed by atoms with van der Waals surface area (Å²) in [5.74, 6) is -0.545. The van der Waals surface area contributed by atoms with E-state index in [1.807, 2.05) is 51.1 Å². The van der Waals surface area contributed by atoms with Gasteiger partial charge >= 0.3 is 35.7 Å². The predicted octanol–water partition coefficient (Wildman–Crippen LogP) is 0.606. The van der Waals surface area contributed by atoms with Gasteiger partial charge in [0.2, 0.25) is 0 Å². The number of benzene rings is 2. The van der Waals surface area contributed by atoms with Crippen LogP contribution in [0.3, 0.4) is 0 Å². The number of carboxylic acids is 1. The van der Waals surface area contributed by atoms with Crippen molar-refractivity contribution in [1.29, 1.82) is 0 Å². The first kappa shape index (κ1) is 25.4. The van der Waals surface area contributed by atoms with Gasteiger partial charge in [-0.1, -0.05) is 24.3 Å². The Morgan fingerprint density at radius 3 is 2.76 bits per heavy atom. The second-order valence-electron chi connectivity index (χ2n) is 9.35. The number of rotatable bonds is 5. The molecule has 7 nitrogen and oxygen atoms in total. The SMILES string of the molecule is CC(C)(C)OC(=O)N1CCCc2cccc(CNc3ccc4c(c3)OCC4CC(=O)[O-])c21.[Na+]. The molecule has 0 radical (unpaired) electrons. The fourth-order valence-corrected chi connectivity index (χ4v) is 4.33. The van der Waals surface area contributed by atoms with Crippen LogP contribution in [0.2, 0.25) is 0 Å². The zero-order valence-electron chi connectivity index (χ0n) is 19.8. The Balaban J connectivity index is 0.00000306. The van der Waals surface area contributed by atoms with E-state index in [1.165, 1.54) is 0 Å². The van der Waals surface area contributed by atoms with Crippen LogP contribution in [0.15, 0.2) is 36.4 Å². The quantitative estimate of drug-likeness (QED) is 0.658. The zero-order chi connectivity index (χ0) is 22.9. The number of carboxylic acid groups (broad SMARTS) is 1. The van der Waals surface area contributed by atoms with Gasteiger partial charge in [0.25, 0.3) is 0 Å². The maximum atomic E-state index is 12.9. The number of para-hydroxylation sites is 1. The van der Waals surface area contributed by atoms with Gasteiger partial charge in [0, 0.05) is 42.3 Å². The largest absolute Gasteiger partial charge is 1.00 e. The van der Waals surface area contributed by atoms with E-state index in [2.05, 4.69) is 11.4 Å². The molecule has 2 aromatic carbocycles. The van der Waals surface area contributed by atoms with Gasteiger partial charge < -0.3 is 24.7 Å². The predicted molar refractivity (Wildman–Crippen MR) is 120 cm³/mol. The van der Waals surface area contributed by atoms with Crippen molar-refractivity contribution in [3.8, 4) is 5.75 Å². The summed E-state index contributed by atoms with van der Waals surface area (Å²) in [5.41, 5.74) is 4.30. The standard InChI is InChI=1S/C25H30N2O5.Na/c1-25(2,3)32-24(30)27-11-5-8-16-6-4-7-17(23(16)27)14-26-19-9-10-20-18(12-22(28)29)15-31-21(20)13-19;/h4,6-7,9-10,13,18,26H,5,8,11-12,14-15H2,1-3H3,(H,28,29);/q;+1/p-1. The number of nitrogens with zero attached hydrogens (tertiary/aromatic N) is 1. The molecule has 2 aliphatic rings. The van der Waals surface area contributed by atoms with Gasteiger partial charge in [-0.2, -0.15) is 0 Å². The van der Waals surface area contributed by atoms with Gasteiger partial charge in [-0.25, -0.2) is 4.79 Å². The molecule has 0 saturated heterocycles. The van der Waals surface area contributed by atoms with Crippen molar-refractivity contribution in [2.45, 2.75) is 58.1 Å². The second kappa shape index (κ2) is 10.4. The van der Waals surface area contributed by atoms with Gasteiger partial charge in [0.1, 0.15) is 11.4 Å². The third-order valence-electron chi connectivity index (χ3n) is 5.70. The maximum Gasteiger partial charge on any atom is 1.00 e. The fourth-order valence-electron chi connectivity index (χ4n) is 4.33. The van der Waals surface area contributed by atoms with Crippen LogP contribution in [-0.2, 0) is 22.5 Å². The number of aryl methyl sites for hydroxylation is 1. The minimum atomic E-state index is -1.07. The minimum Gasteiger partial charge on any atom is -0.550 e. The molecule has 0 saturated carbocycles. The number of aliphatic carboxylic acids is 1. The van der Waals surface area contributed by atoms with E-state index >= 15 is 0 Å². The summed E-state index contributed by atoms with van der Waals surface area (Å²) in [7, 11) is 0.